The number of nitrogens with zero attached hydrogens (tertiary/aromatic N) is 1. The van der Waals surface area contributed by atoms with E-state index in [9.17, 15) is 32.8 Å². The van der Waals surface area contributed by atoms with Crippen molar-refractivity contribution in [1.29, 1.82) is 0 Å². The largest absolute Gasteiger partial charge is 0.352 e. The molecule has 1 atom stereocenters. The molecule has 38 heavy (non-hydrogen) atoms. The summed E-state index contributed by atoms with van der Waals surface area (Å²) in [5.41, 5.74) is 2.25. The van der Waals surface area contributed by atoms with E-state index in [4.69, 9.17) is 0 Å². The van der Waals surface area contributed by atoms with Crippen molar-refractivity contribution in [2.45, 2.75) is 25.3 Å². The first-order valence-electron chi connectivity index (χ1n) is 11.9. The number of imide groups is 2. The topological polar surface area (TPSA) is 113 Å². The van der Waals surface area contributed by atoms with Crippen molar-refractivity contribution in [3.63, 3.8) is 0 Å². The zero-order chi connectivity index (χ0) is 27.0. The van der Waals surface area contributed by atoms with Gasteiger partial charge in [-0.2, -0.15) is 0 Å². The SMILES string of the molecule is O=C1CCC(N2C(=O)c3cccc(-c4ccccc4CCNC(=O)c4ccc(F)c(F)c4)c3C2=O)C(=O)N1. The van der Waals surface area contributed by atoms with Gasteiger partial charge in [0, 0.05) is 18.5 Å². The lowest BCUT2D eigenvalue weighted by Gasteiger charge is -2.27. The lowest BCUT2D eigenvalue weighted by Crippen LogP contribution is -2.54. The summed E-state index contributed by atoms with van der Waals surface area (Å²) in [5.74, 6) is -5.08. The number of carbonyl (C=O) groups is 5. The Hall–Kier alpha value is -4.73. The fraction of sp³-hybridized carbons (Fsp3) is 0.179. The normalized spacial score (nSPS) is 16.9. The molecule has 3 aromatic carbocycles. The molecule has 5 amide bonds. The fourth-order valence-electron chi connectivity index (χ4n) is 4.79. The molecule has 2 heterocycles. The maximum Gasteiger partial charge on any atom is 0.262 e. The maximum atomic E-state index is 13.5. The molecule has 10 heteroatoms. The van der Waals surface area contributed by atoms with Crippen LogP contribution >= 0.6 is 0 Å². The van der Waals surface area contributed by atoms with Crippen molar-refractivity contribution in [2.75, 3.05) is 6.54 Å². The highest BCUT2D eigenvalue weighted by molar-refractivity contribution is 6.25. The minimum atomic E-state index is -1.12. The van der Waals surface area contributed by atoms with Crippen molar-refractivity contribution in [3.8, 4) is 11.1 Å². The van der Waals surface area contributed by atoms with Gasteiger partial charge >= 0.3 is 0 Å². The molecule has 0 aromatic heterocycles. The summed E-state index contributed by atoms with van der Waals surface area (Å²) in [6.07, 6.45) is 0.420. The zero-order valence-electron chi connectivity index (χ0n) is 19.9. The molecular formula is C28H21F2N3O5. The quantitative estimate of drug-likeness (QED) is 0.489. The molecule has 0 bridgehead atoms. The Bertz CT molecular complexity index is 1520. The molecule has 1 fully saturated rings. The number of piperidine rings is 1. The highest BCUT2D eigenvalue weighted by Gasteiger charge is 2.45. The van der Waals surface area contributed by atoms with Crippen LogP contribution in [0.15, 0.2) is 60.7 Å². The molecule has 192 valence electrons. The number of nitrogens with one attached hydrogen (secondary N) is 2. The molecule has 0 radical (unpaired) electrons. The van der Waals surface area contributed by atoms with E-state index in [2.05, 4.69) is 10.6 Å². The van der Waals surface area contributed by atoms with Crippen molar-refractivity contribution < 1.29 is 32.8 Å². The monoisotopic (exact) mass is 517 g/mol. The second-order valence-corrected chi connectivity index (χ2v) is 8.97. The van der Waals surface area contributed by atoms with Crippen LogP contribution in [0.3, 0.4) is 0 Å². The number of benzene rings is 3. The van der Waals surface area contributed by atoms with E-state index < -0.39 is 47.2 Å². The highest BCUT2D eigenvalue weighted by atomic mass is 19.2. The Kier molecular flexibility index (Phi) is 6.54. The predicted octanol–water partition coefficient (Wildman–Crippen LogP) is 3.01. The van der Waals surface area contributed by atoms with Gasteiger partial charge in [0.2, 0.25) is 11.8 Å². The van der Waals surface area contributed by atoms with Gasteiger partial charge in [-0.05, 0) is 53.8 Å². The van der Waals surface area contributed by atoms with Gasteiger partial charge in [0.25, 0.3) is 17.7 Å². The lowest BCUT2D eigenvalue weighted by atomic mass is 9.92. The first kappa shape index (κ1) is 24.9. The van der Waals surface area contributed by atoms with Gasteiger partial charge in [-0.3, -0.25) is 34.2 Å². The Morgan fingerprint density at radius 3 is 2.39 bits per heavy atom. The van der Waals surface area contributed by atoms with Crippen LogP contribution in [0, 0.1) is 11.6 Å². The maximum absolute atomic E-state index is 13.5. The van der Waals surface area contributed by atoms with Crippen LogP contribution in [-0.4, -0.2) is 47.0 Å². The summed E-state index contributed by atoms with van der Waals surface area (Å²) in [5, 5.41) is 4.85. The summed E-state index contributed by atoms with van der Waals surface area (Å²) < 4.78 is 26.6. The molecule has 1 unspecified atom stereocenters. The van der Waals surface area contributed by atoms with Gasteiger partial charge < -0.3 is 5.32 Å². The van der Waals surface area contributed by atoms with Crippen LogP contribution in [-0.2, 0) is 16.0 Å². The molecule has 0 aliphatic carbocycles. The number of fused-ring (bicyclic) bond motifs is 1. The van der Waals surface area contributed by atoms with E-state index in [0.717, 1.165) is 22.6 Å². The Labute approximate surface area is 215 Å². The number of carbonyl (C=O) groups excluding carboxylic acids is 5. The third kappa shape index (κ3) is 4.45. The molecule has 8 nitrogen and oxygen atoms in total. The van der Waals surface area contributed by atoms with Crippen LogP contribution in [0.25, 0.3) is 11.1 Å². The highest BCUT2D eigenvalue weighted by Crippen LogP contribution is 2.36. The average Bonchev–Trinajstić information content (AvgIpc) is 3.16. The first-order valence-corrected chi connectivity index (χ1v) is 11.9. The van der Waals surface area contributed by atoms with Gasteiger partial charge in [-0.1, -0.05) is 36.4 Å². The average molecular weight is 517 g/mol. The third-order valence-electron chi connectivity index (χ3n) is 6.64. The second kappa shape index (κ2) is 9.97. The first-order chi connectivity index (χ1) is 18.3. The molecule has 2 N–H and O–H groups in total. The van der Waals surface area contributed by atoms with Crippen molar-refractivity contribution in [2.24, 2.45) is 0 Å². The van der Waals surface area contributed by atoms with Crippen molar-refractivity contribution in [3.05, 3.63) is 94.6 Å². The minimum Gasteiger partial charge on any atom is -0.352 e. The summed E-state index contributed by atoms with van der Waals surface area (Å²) in [6.45, 7) is 0.166. The van der Waals surface area contributed by atoms with Gasteiger partial charge in [-0.25, -0.2) is 8.78 Å². The van der Waals surface area contributed by atoms with Gasteiger partial charge in [0.15, 0.2) is 11.6 Å². The van der Waals surface area contributed by atoms with E-state index in [1.54, 1.807) is 30.3 Å². The zero-order valence-corrected chi connectivity index (χ0v) is 19.9. The number of hydrogen-bond acceptors (Lipinski definition) is 5. The van der Waals surface area contributed by atoms with Crippen LogP contribution in [0.4, 0.5) is 8.78 Å². The molecule has 0 spiro atoms. The number of rotatable bonds is 6. The van der Waals surface area contributed by atoms with Gasteiger partial charge in [0.1, 0.15) is 6.04 Å². The number of amides is 5. The molecule has 2 aliphatic rings. The van der Waals surface area contributed by atoms with E-state index in [-0.39, 0.29) is 36.1 Å². The third-order valence-corrected chi connectivity index (χ3v) is 6.64. The van der Waals surface area contributed by atoms with E-state index >= 15 is 0 Å². The summed E-state index contributed by atoms with van der Waals surface area (Å²) >= 11 is 0. The summed E-state index contributed by atoms with van der Waals surface area (Å²) in [6, 6.07) is 13.9. The Balaban J connectivity index is 1.39. The predicted molar refractivity (Wildman–Crippen MR) is 131 cm³/mol. The van der Waals surface area contributed by atoms with Crippen molar-refractivity contribution in [1.82, 2.24) is 15.5 Å². The molecule has 1 saturated heterocycles. The Morgan fingerprint density at radius 1 is 0.895 bits per heavy atom. The van der Waals surface area contributed by atoms with Crippen LogP contribution in [0.5, 0.6) is 0 Å². The standard InChI is InChI=1S/C28H21F2N3O5/c29-20-9-8-16(14-21(20)30)25(35)31-13-12-15-4-1-2-5-17(15)18-6-3-7-19-24(18)28(38)33(27(19)37)22-10-11-23(34)32-26(22)36/h1-9,14,22H,10-13H2,(H,31,35)(H,32,34,36). The Morgan fingerprint density at radius 2 is 1.63 bits per heavy atom. The van der Waals surface area contributed by atoms with Crippen molar-refractivity contribution >= 4 is 29.5 Å². The summed E-state index contributed by atoms with van der Waals surface area (Å²) in [7, 11) is 0. The summed E-state index contributed by atoms with van der Waals surface area (Å²) in [4.78, 5) is 63.9. The smallest absolute Gasteiger partial charge is 0.262 e. The molecule has 5 rings (SSSR count). The molecule has 3 aromatic rings. The fourth-order valence-corrected chi connectivity index (χ4v) is 4.79. The molecule has 2 aliphatic heterocycles. The molecule has 0 saturated carbocycles. The number of halogens is 2. The van der Waals surface area contributed by atoms with E-state index in [0.29, 0.717) is 17.5 Å². The van der Waals surface area contributed by atoms with Gasteiger partial charge in [-0.15, -0.1) is 0 Å². The number of hydrogen-bond donors (Lipinski definition) is 2. The minimum absolute atomic E-state index is 0.0179. The van der Waals surface area contributed by atoms with Crippen LogP contribution in [0.1, 0.15) is 49.5 Å². The van der Waals surface area contributed by atoms with Gasteiger partial charge in [0.05, 0.1) is 11.1 Å². The molecular weight excluding hydrogens is 496 g/mol. The van der Waals surface area contributed by atoms with E-state index in [1.807, 2.05) is 6.07 Å². The van der Waals surface area contributed by atoms with Crippen LogP contribution < -0.4 is 10.6 Å². The second-order valence-electron chi connectivity index (χ2n) is 8.97. The lowest BCUT2D eigenvalue weighted by molar-refractivity contribution is -0.136. The van der Waals surface area contributed by atoms with E-state index in [1.165, 1.54) is 12.1 Å². The van der Waals surface area contributed by atoms with Crippen LogP contribution in [0.2, 0.25) is 0 Å².